The zero-order chi connectivity index (χ0) is 15.5. The highest BCUT2D eigenvalue weighted by Gasteiger charge is 2.13. The van der Waals surface area contributed by atoms with Crippen LogP contribution in [0.5, 0.6) is 0 Å². The van der Waals surface area contributed by atoms with Crippen molar-refractivity contribution in [3.8, 4) is 0 Å². The molecule has 112 valence electrons. The Morgan fingerprint density at radius 2 is 1.67 bits per heavy atom. The number of sulfone groups is 1. The van der Waals surface area contributed by atoms with Crippen LogP contribution >= 0.6 is 0 Å². The van der Waals surface area contributed by atoms with E-state index in [1.54, 1.807) is 36.4 Å². The van der Waals surface area contributed by atoms with E-state index in [2.05, 4.69) is 5.43 Å². The van der Waals surface area contributed by atoms with Crippen molar-refractivity contribution in [2.24, 2.45) is 5.84 Å². The van der Waals surface area contributed by atoms with E-state index < -0.39 is 9.84 Å². The molecule has 1 unspecified atom stereocenters. The highest BCUT2D eigenvalue weighted by molar-refractivity contribution is 7.90. The molecule has 0 saturated carbocycles. The zero-order valence-corrected chi connectivity index (χ0v) is 12.4. The van der Waals surface area contributed by atoms with Crippen LogP contribution in [0.15, 0.2) is 53.4 Å². The number of hydrogen-bond donors (Lipinski definition) is 2. The Morgan fingerprint density at radius 1 is 1.10 bits per heavy atom. The van der Waals surface area contributed by atoms with E-state index in [0.29, 0.717) is 6.42 Å². The molecule has 0 fully saturated rings. The third-order valence-corrected chi connectivity index (χ3v) is 4.39. The fourth-order valence-electron chi connectivity index (χ4n) is 2.08. The number of rotatable bonds is 5. The fraction of sp³-hybridized carbons (Fsp3) is 0.200. The molecule has 0 aliphatic heterocycles. The van der Waals surface area contributed by atoms with Crippen LogP contribution in [0, 0.1) is 5.82 Å². The average molecular weight is 308 g/mol. The SMILES string of the molecule is CS(=O)(=O)c1ccc(C(Cc2ccc(F)cc2)NN)cc1. The van der Waals surface area contributed by atoms with Crippen LogP contribution in [-0.2, 0) is 16.3 Å². The molecule has 6 heteroatoms. The van der Waals surface area contributed by atoms with Crippen LogP contribution in [0.4, 0.5) is 4.39 Å². The topological polar surface area (TPSA) is 72.2 Å². The molecule has 21 heavy (non-hydrogen) atoms. The molecule has 0 aliphatic carbocycles. The van der Waals surface area contributed by atoms with Gasteiger partial charge < -0.3 is 0 Å². The number of hydrazine groups is 1. The van der Waals surface area contributed by atoms with Crippen LogP contribution < -0.4 is 11.3 Å². The van der Waals surface area contributed by atoms with E-state index in [-0.39, 0.29) is 16.8 Å². The van der Waals surface area contributed by atoms with Crippen molar-refractivity contribution < 1.29 is 12.8 Å². The summed E-state index contributed by atoms with van der Waals surface area (Å²) in [6.07, 6.45) is 1.74. The lowest BCUT2D eigenvalue weighted by molar-refractivity contribution is 0.550. The maximum atomic E-state index is 12.9. The van der Waals surface area contributed by atoms with Gasteiger partial charge in [0.15, 0.2) is 9.84 Å². The molecule has 0 aromatic heterocycles. The lowest BCUT2D eigenvalue weighted by atomic mass is 9.99. The summed E-state index contributed by atoms with van der Waals surface area (Å²) >= 11 is 0. The summed E-state index contributed by atoms with van der Waals surface area (Å²) in [6, 6.07) is 12.6. The summed E-state index contributed by atoms with van der Waals surface area (Å²) in [4.78, 5) is 0.267. The number of nitrogens with one attached hydrogen (secondary N) is 1. The summed E-state index contributed by atoms with van der Waals surface area (Å²) in [5.74, 6) is 5.28. The van der Waals surface area contributed by atoms with E-state index in [1.807, 2.05) is 0 Å². The monoisotopic (exact) mass is 308 g/mol. The van der Waals surface area contributed by atoms with E-state index >= 15 is 0 Å². The molecule has 1 atom stereocenters. The van der Waals surface area contributed by atoms with Gasteiger partial charge in [0.25, 0.3) is 0 Å². The van der Waals surface area contributed by atoms with Gasteiger partial charge >= 0.3 is 0 Å². The molecule has 0 radical (unpaired) electrons. The van der Waals surface area contributed by atoms with Gasteiger partial charge in [-0.3, -0.25) is 11.3 Å². The molecule has 0 amide bonds. The Balaban J connectivity index is 2.19. The minimum absolute atomic E-state index is 0.177. The third kappa shape index (κ3) is 4.10. The molecule has 2 rings (SSSR count). The first-order valence-electron chi connectivity index (χ1n) is 6.41. The van der Waals surface area contributed by atoms with Crippen molar-refractivity contribution in [3.63, 3.8) is 0 Å². The van der Waals surface area contributed by atoms with E-state index in [0.717, 1.165) is 11.1 Å². The maximum absolute atomic E-state index is 12.9. The first kappa shape index (κ1) is 15.6. The van der Waals surface area contributed by atoms with Gasteiger partial charge in [0, 0.05) is 12.3 Å². The lowest BCUT2D eigenvalue weighted by Gasteiger charge is -2.16. The standard InChI is InChI=1S/C15H17FN2O2S/c1-21(19,20)14-8-4-12(5-9-14)15(18-17)10-11-2-6-13(16)7-3-11/h2-9,15,18H,10,17H2,1H3. The number of hydrogen-bond acceptors (Lipinski definition) is 4. The molecule has 2 aromatic carbocycles. The van der Waals surface area contributed by atoms with Crippen LogP contribution in [0.3, 0.4) is 0 Å². The summed E-state index contributed by atoms with van der Waals surface area (Å²) < 4.78 is 35.7. The van der Waals surface area contributed by atoms with Crippen LogP contribution in [-0.4, -0.2) is 14.7 Å². The maximum Gasteiger partial charge on any atom is 0.175 e. The highest BCUT2D eigenvalue weighted by atomic mass is 32.2. The van der Waals surface area contributed by atoms with Crippen LogP contribution in [0.1, 0.15) is 17.2 Å². The normalized spacial score (nSPS) is 13.1. The van der Waals surface area contributed by atoms with Gasteiger partial charge in [-0.1, -0.05) is 24.3 Å². The molecule has 4 nitrogen and oxygen atoms in total. The van der Waals surface area contributed by atoms with E-state index in [4.69, 9.17) is 5.84 Å². The van der Waals surface area contributed by atoms with Crippen molar-refractivity contribution in [2.75, 3.05) is 6.26 Å². The molecule has 2 aromatic rings. The largest absolute Gasteiger partial charge is 0.271 e. The summed E-state index contributed by atoms with van der Waals surface area (Å²) in [7, 11) is -3.21. The predicted molar refractivity (Wildman–Crippen MR) is 79.7 cm³/mol. The van der Waals surface area contributed by atoms with Gasteiger partial charge in [0.2, 0.25) is 0 Å². The Morgan fingerprint density at radius 3 is 2.14 bits per heavy atom. The molecule has 3 N–H and O–H groups in total. The Labute approximate surface area is 123 Å². The molecular formula is C15H17FN2O2S. The predicted octanol–water partition coefficient (Wildman–Crippen LogP) is 1.98. The first-order valence-corrected chi connectivity index (χ1v) is 8.30. The van der Waals surface area contributed by atoms with Crippen molar-refractivity contribution in [1.29, 1.82) is 0 Å². The zero-order valence-electron chi connectivity index (χ0n) is 11.6. The number of benzene rings is 2. The van der Waals surface area contributed by atoms with Crippen LogP contribution in [0.2, 0.25) is 0 Å². The lowest BCUT2D eigenvalue weighted by Crippen LogP contribution is -2.29. The van der Waals surface area contributed by atoms with Gasteiger partial charge in [-0.05, 0) is 41.8 Å². The van der Waals surface area contributed by atoms with E-state index in [9.17, 15) is 12.8 Å². The van der Waals surface area contributed by atoms with Crippen molar-refractivity contribution in [1.82, 2.24) is 5.43 Å². The smallest absolute Gasteiger partial charge is 0.175 e. The van der Waals surface area contributed by atoms with Gasteiger partial charge in [0.05, 0.1) is 4.90 Å². The second-order valence-electron chi connectivity index (χ2n) is 4.89. The van der Waals surface area contributed by atoms with Crippen molar-refractivity contribution in [2.45, 2.75) is 17.4 Å². The third-order valence-electron chi connectivity index (χ3n) is 3.26. The van der Waals surface area contributed by atoms with Crippen LogP contribution in [0.25, 0.3) is 0 Å². The molecular weight excluding hydrogens is 291 g/mol. The second kappa shape index (κ2) is 6.34. The second-order valence-corrected chi connectivity index (χ2v) is 6.91. The van der Waals surface area contributed by atoms with Gasteiger partial charge in [0.1, 0.15) is 5.82 Å². The quantitative estimate of drug-likeness (QED) is 0.654. The first-order chi connectivity index (χ1) is 9.90. The minimum atomic E-state index is -3.21. The molecule has 0 spiro atoms. The Kier molecular flexibility index (Phi) is 4.72. The Bertz CT molecular complexity index is 697. The van der Waals surface area contributed by atoms with Gasteiger partial charge in [-0.25, -0.2) is 12.8 Å². The Hall–Kier alpha value is -1.76. The van der Waals surface area contributed by atoms with Crippen molar-refractivity contribution >= 4 is 9.84 Å². The highest BCUT2D eigenvalue weighted by Crippen LogP contribution is 2.20. The summed E-state index contributed by atoms with van der Waals surface area (Å²) in [6.45, 7) is 0. The van der Waals surface area contributed by atoms with E-state index in [1.165, 1.54) is 18.4 Å². The molecule has 0 heterocycles. The number of halogens is 1. The van der Waals surface area contributed by atoms with Crippen molar-refractivity contribution in [3.05, 3.63) is 65.5 Å². The van der Waals surface area contributed by atoms with Gasteiger partial charge in [-0.15, -0.1) is 0 Å². The molecule has 0 bridgehead atoms. The minimum Gasteiger partial charge on any atom is -0.271 e. The van der Waals surface area contributed by atoms with Gasteiger partial charge in [-0.2, -0.15) is 0 Å². The fourth-order valence-corrected chi connectivity index (χ4v) is 2.71. The number of nitrogens with two attached hydrogens (primary N) is 1. The average Bonchev–Trinajstić information content (AvgIpc) is 2.46. The molecule has 0 aliphatic rings. The summed E-state index contributed by atoms with van der Waals surface area (Å²) in [5.41, 5.74) is 4.50. The molecule has 0 saturated heterocycles. The summed E-state index contributed by atoms with van der Waals surface area (Å²) in [5, 5.41) is 0.